The van der Waals surface area contributed by atoms with Crippen LogP contribution in [-0.2, 0) is 9.53 Å². The van der Waals surface area contributed by atoms with E-state index in [-0.39, 0.29) is 18.9 Å². The second-order valence-corrected chi connectivity index (χ2v) is 8.44. The zero-order valence-electron chi connectivity index (χ0n) is 15.8. The van der Waals surface area contributed by atoms with Gasteiger partial charge in [0.25, 0.3) is 0 Å². The molecule has 0 aromatic heterocycles. The normalized spacial score (nSPS) is 26.5. The van der Waals surface area contributed by atoms with Gasteiger partial charge in [0.15, 0.2) is 11.5 Å². The number of nitrogens with one attached hydrogen (secondary N) is 2. The van der Waals surface area contributed by atoms with Gasteiger partial charge < -0.3 is 24.8 Å². The first-order valence-electron chi connectivity index (χ1n) is 9.50. The summed E-state index contributed by atoms with van der Waals surface area (Å²) in [5.41, 5.74) is 1.60. The lowest BCUT2D eigenvalue weighted by atomic mass is 9.88. The molecule has 1 aromatic carbocycles. The third kappa shape index (κ3) is 3.70. The van der Waals surface area contributed by atoms with Crippen molar-refractivity contribution in [3.05, 3.63) is 33.4 Å². The fraction of sp³-hybridized carbons (Fsp3) is 0.500. The Kier molecular flexibility index (Phi) is 5.23. The van der Waals surface area contributed by atoms with Crippen molar-refractivity contribution in [3.8, 4) is 11.5 Å². The first-order valence-corrected chi connectivity index (χ1v) is 10.3. The van der Waals surface area contributed by atoms with Gasteiger partial charge in [-0.15, -0.1) is 0 Å². The first-order chi connectivity index (χ1) is 13.4. The minimum Gasteiger partial charge on any atom is -0.459 e. The number of ether oxygens (including phenoxy) is 3. The molecule has 0 radical (unpaired) electrons. The van der Waals surface area contributed by atoms with E-state index < -0.39 is 12.0 Å². The van der Waals surface area contributed by atoms with Crippen LogP contribution in [0.2, 0.25) is 0 Å². The highest BCUT2D eigenvalue weighted by molar-refractivity contribution is 9.10. The van der Waals surface area contributed by atoms with Gasteiger partial charge >= 0.3 is 12.0 Å². The Balaban J connectivity index is 1.63. The molecule has 0 spiro atoms. The summed E-state index contributed by atoms with van der Waals surface area (Å²) in [5, 5.41) is 5.52. The molecule has 0 unspecified atom stereocenters. The van der Waals surface area contributed by atoms with E-state index in [1.807, 2.05) is 0 Å². The molecule has 0 bridgehead atoms. The number of rotatable bonds is 3. The number of carbonyl (C=O) groups excluding carboxylic acids is 2. The van der Waals surface area contributed by atoms with Crippen molar-refractivity contribution in [3.63, 3.8) is 0 Å². The number of fused-ring (bicyclic) bond motifs is 1. The van der Waals surface area contributed by atoms with E-state index in [9.17, 15) is 9.59 Å². The number of hydrogen-bond donors (Lipinski definition) is 2. The molecule has 2 amide bonds. The fourth-order valence-corrected chi connectivity index (χ4v) is 4.47. The summed E-state index contributed by atoms with van der Waals surface area (Å²) in [6, 6.07) is 2.56. The minimum absolute atomic E-state index is 0.0810. The molecule has 28 heavy (non-hydrogen) atoms. The molecule has 3 aliphatic rings. The van der Waals surface area contributed by atoms with Crippen molar-refractivity contribution in [1.29, 1.82) is 0 Å². The van der Waals surface area contributed by atoms with Crippen LogP contribution in [0.15, 0.2) is 27.9 Å². The number of urea groups is 1. The topological polar surface area (TPSA) is 85.9 Å². The summed E-state index contributed by atoms with van der Waals surface area (Å²) in [4.78, 5) is 25.2. The Hall–Kier alpha value is -2.22. The summed E-state index contributed by atoms with van der Waals surface area (Å²) < 4.78 is 17.4. The highest BCUT2D eigenvalue weighted by atomic mass is 79.9. The van der Waals surface area contributed by atoms with E-state index in [0.717, 1.165) is 25.7 Å². The van der Waals surface area contributed by atoms with E-state index in [1.165, 1.54) is 0 Å². The van der Waals surface area contributed by atoms with Crippen LogP contribution in [0.5, 0.6) is 11.5 Å². The molecule has 150 valence electrons. The highest BCUT2D eigenvalue weighted by Gasteiger charge is 2.36. The molecular formula is C20H23BrN2O5. The number of carbonyl (C=O) groups is 2. The number of allylic oxidation sites excluding steroid dienone is 1. The number of esters is 1. The zero-order chi connectivity index (χ0) is 19.8. The van der Waals surface area contributed by atoms with Gasteiger partial charge in [-0.2, -0.15) is 0 Å². The first kappa shape index (κ1) is 19.1. The van der Waals surface area contributed by atoms with Gasteiger partial charge in [0.2, 0.25) is 6.79 Å². The van der Waals surface area contributed by atoms with Crippen LogP contribution in [0.4, 0.5) is 4.79 Å². The number of hydrogen-bond acceptors (Lipinski definition) is 5. The van der Waals surface area contributed by atoms with Gasteiger partial charge in [-0.05, 0) is 56.2 Å². The van der Waals surface area contributed by atoms with Crippen LogP contribution >= 0.6 is 15.9 Å². The average Bonchev–Trinajstić information content (AvgIpc) is 3.09. The lowest BCUT2D eigenvalue weighted by Gasteiger charge is -2.31. The van der Waals surface area contributed by atoms with Crippen molar-refractivity contribution in [2.75, 3.05) is 6.79 Å². The van der Waals surface area contributed by atoms with Crippen LogP contribution in [0.3, 0.4) is 0 Å². The van der Waals surface area contributed by atoms with E-state index >= 15 is 0 Å². The molecule has 0 saturated heterocycles. The van der Waals surface area contributed by atoms with Crippen molar-refractivity contribution in [1.82, 2.24) is 10.6 Å². The lowest BCUT2D eigenvalue weighted by Crippen LogP contribution is -2.45. The largest absolute Gasteiger partial charge is 0.459 e. The second-order valence-electron chi connectivity index (χ2n) is 7.58. The van der Waals surface area contributed by atoms with Crippen molar-refractivity contribution in [2.45, 2.75) is 51.7 Å². The highest BCUT2D eigenvalue weighted by Crippen LogP contribution is 2.41. The van der Waals surface area contributed by atoms with Gasteiger partial charge in [0, 0.05) is 10.2 Å². The number of benzene rings is 1. The Morgan fingerprint density at radius 1 is 1.18 bits per heavy atom. The van der Waals surface area contributed by atoms with Crippen molar-refractivity contribution < 1.29 is 23.8 Å². The molecule has 2 aliphatic heterocycles. The van der Waals surface area contributed by atoms with E-state index in [4.69, 9.17) is 14.2 Å². The quantitative estimate of drug-likeness (QED) is 0.681. The summed E-state index contributed by atoms with van der Waals surface area (Å²) in [6.07, 6.45) is 3.78. The maximum absolute atomic E-state index is 13.1. The van der Waals surface area contributed by atoms with Gasteiger partial charge in [0.1, 0.15) is 6.10 Å². The summed E-state index contributed by atoms with van der Waals surface area (Å²) >= 11 is 3.53. The molecule has 1 aliphatic carbocycles. The molecule has 1 saturated carbocycles. The van der Waals surface area contributed by atoms with Gasteiger partial charge in [-0.3, -0.25) is 0 Å². The third-order valence-corrected chi connectivity index (χ3v) is 6.22. The minimum atomic E-state index is -0.646. The molecule has 4 rings (SSSR count). The average molecular weight is 451 g/mol. The van der Waals surface area contributed by atoms with Gasteiger partial charge in [-0.25, -0.2) is 9.59 Å². The van der Waals surface area contributed by atoms with Crippen LogP contribution < -0.4 is 20.1 Å². The SMILES string of the molecule is CC1=C(C(=O)OC2CCC(C)CC2)[C@@H](c2cc3c(cc2Br)OCO3)NC(=O)N1. The molecule has 2 N–H and O–H groups in total. The van der Waals surface area contributed by atoms with Crippen LogP contribution in [-0.4, -0.2) is 24.9 Å². The smallest absolute Gasteiger partial charge is 0.338 e. The maximum atomic E-state index is 13.1. The lowest BCUT2D eigenvalue weighted by molar-refractivity contribution is -0.146. The Bertz CT molecular complexity index is 845. The zero-order valence-corrected chi connectivity index (χ0v) is 17.4. The number of halogens is 1. The summed E-state index contributed by atoms with van der Waals surface area (Å²) in [6.45, 7) is 4.08. The number of amides is 2. The van der Waals surface area contributed by atoms with Gasteiger partial charge in [0.05, 0.1) is 11.6 Å². The van der Waals surface area contributed by atoms with Crippen LogP contribution in [0.1, 0.15) is 51.1 Å². The molecular weight excluding hydrogens is 428 g/mol. The molecule has 2 heterocycles. The molecule has 8 heteroatoms. The molecule has 1 aromatic rings. The predicted molar refractivity (Wildman–Crippen MR) is 105 cm³/mol. The van der Waals surface area contributed by atoms with E-state index in [0.29, 0.717) is 38.7 Å². The summed E-state index contributed by atoms with van der Waals surface area (Å²) in [5.74, 6) is 1.47. The molecule has 1 fully saturated rings. The Morgan fingerprint density at radius 2 is 1.86 bits per heavy atom. The van der Waals surface area contributed by atoms with E-state index in [1.54, 1.807) is 19.1 Å². The van der Waals surface area contributed by atoms with Crippen molar-refractivity contribution >= 4 is 27.9 Å². The second kappa shape index (κ2) is 7.66. The van der Waals surface area contributed by atoms with Crippen molar-refractivity contribution in [2.24, 2.45) is 5.92 Å². The fourth-order valence-electron chi connectivity index (χ4n) is 3.91. The Labute approximate surface area is 171 Å². The maximum Gasteiger partial charge on any atom is 0.338 e. The van der Waals surface area contributed by atoms with Crippen LogP contribution in [0.25, 0.3) is 0 Å². The molecule has 7 nitrogen and oxygen atoms in total. The Morgan fingerprint density at radius 3 is 2.57 bits per heavy atom. The van der Waals surface area contributed by atoms with Gasteiger partial charge in [-0.1, -0.05) is 22.9 Å². The van der Waals surface area contributed by atoms with Crippen LogP contribution in [0, 0.1) is 5.92 Å². The molecule has 1 atom stereocenters. The standard InChI is InChI=1S/C20H23BrN2O5/c1-10-3-5-12(6-4-10)28-19(24)17-11(2)22-20(25)23-18(17)13-7-15-16(8-14(13)21)27-9-26-15/h7-8,10,12,18H,3-6,9H2,1-2H3,(H2,22,23,25)/t10?,12?,18-/m1/s1. The monoisotopic (exact) mass is 450 g/mol. The predicted octanol–water partition coefficient (Wildman–Crippen LogP) is 3.93. The summed E-state index contributed by atoms with van der Waals surface area (Å²) in [7, 11) is 0. The van der Waals surface area contributed by atoms with E-state index in [2.05, 4.69) is 33.5 Å². The third-order valence-electron chi connectivity index (χ3n) is 5.53.